The van der Waals surface area contributed by atoms with Crippen molar-refractivity contribution in [3.05, 3.63) is 35.6 Å². The molecule has 0 nitrogen and oxygen atoms in total. The minimum absolute atomic E-state index is 0.269. The maximum absolute atomic E-state index is 12.4. The lowest BCUT2D eigenvalue weighted by Gasteiger charge is -2.12. The van der Waals surface area contributed by atoms with Crippen molar-refractivity contribution in [3.8, 4) is 0 Å². The minimum Gasteiger partial charge on any atom is -0.207 e. The van der Waals surface area contributed by atoms with Crippen LogP contribution in [0.2, 0.25) is 0 Å². The Morgan fingerprint density at radius 2 is 1.64 bits per heavy atom. The number of benzene rings is 1. The van der Waals surface area contributed by atoms with Crippen molar-refractivity contribution in [2.75, 3.05) is 0 Å². The SMILES string of the molecule is Fc1ccc(C(Cl)CC(F)(F)F)cc1. The third kappa shape index (κ3) is 3.54. The maximum Gasteiger partial charge on any atom is 0.390 e. The van der Waals surface area contributed by atoms with E-state index in [1.54, 1.807) is 0 Å². The van der Waals surface area contributed by atoms with Crippen LogP contribution in [-0.2, 0) is 0 Å². The van der Waals surface area contributed by atoms with Gasteiger partial charge in [-0.15, -0.1) is 11.6 Å². The molecule has 5 heteroatoms. The first-order valence-electron chi connectivity index (χ1n) is 3.85. The fraction of sp³-hybridized carbons (Fsp3) is 0.333. The molecule has 0 radical (unpaired) electrons. The molecule has 0 heterocycles. The van der Waals surface area contributed by atoms with Crippen molar-refractivity contribution in [3.63, 3.8) is 0 Å². The molecule has 0 amide bonds. The average Bonchev–Trinajstić information content (AvgIpc) is 2.02. The lowest BCUT2D eigenvalue weighted by Crippen LogP contribution is -2.10. The summed E-state index contributed by atoms with van der Waals surface area (Å²) in [6.45, 7) is 0. The van der Waals surface area contributed by atoms with Crippen molar-refractivity contribution in [1.82, 2.24) is 0 Å². The van der Waals surface area contributed by atoms with Gasteiger partial charge in [-0.05, 0) is 17.7 Å². The van der Waals surface area contributed by atoms with E-state index in [0.29, 0.717) is 0 Å². The summed E-state index contributed by atoms with van der Waals surface area (Å²) in [5.41, 5.74) is 0.269. The van der Waals surface area contributed by atoms with Crippen LogP contribution in [0.5, 0.6) is 0 Å². The maximum atomic E-state index is 12.4. The van der Waals surface area contributed by atoms with E-state index in [9.17, 15) is 17.6 Å². The molecule has 1 atom stereocenters. The largest absolute Gasteiger partial charge is 0.390 e. The molecule has 1 rings (SSSR count). The van der Waals surface area contributed by atoms with Crippen molar-refractivity contribution in [2.24, 2.45) is 0 Å². The van der Waals surface area contributed by atoms with E-state index in [2.05, 4.69) is 0 Å². The first-order valence-corrected chi connectivity index (χ1v) is 4.28. The molecule has 1 aromatic rings. The Kier molecular flexibility index (Phi) is 3.37. The smallest absolute Gasteiger partial charge is 0.207 e. The van der Waals surface area contributed by atoms with E-state index in [1.165, 1.54) is 12.1 Å². The predicted molar refractivity (Wildman–Crippen MR) is 45.7 cm³/mol. The van der Waals surface area contributed by atoms with Gasteiger partial charge in [-0.3, -0.25) is 0 Å². The molecule has 0 bridgehead atoms. The molecule has 0 aromatic heterocycles. The molecule has 1 unspecified atom stereocenters. The zero-order valence-corrected chi connectivity index (χ0v) is 7.74. The van der Waals surface area contributed by atoms with Gasteiger partial charge >= 0.3 is 6.18 Å². The molecule has 0 fully saturated rings. The zero-order valence-electron chi connectivity index (χ0n) is 6.98. The van der Waals surface area contributed by atoms with Crippen molar-refractivity contribution < 1.29 is 17.6 Å². The van der Waals surface area contributed by atoms with E-state index in [1.807, 2.05) is 0 Å². The lowest BCUT2D eigenvalue weighted by molar-refractivity contribution is -0.134. The van der Waals surface area contributed by atoms with Gasteiger partial charge in [0.1, 0.15) is 5.82 Å². The minimum atomic E-state index is -4.30. The van der Waals surface area contributed by atoms with E-state index in [0.717, 1.165) is 12.1 Å². The summed E-state index contributed by atoms with van der Waals surface area (Å²) in [5, 5.41) is -1.16. The van der Waals surface area contributed by atoms with Gasteiger partial charge in [-0.2, -0.15) is 13.2 Å². The quantitative estimate of drug-likeness (QED) is 0.527. The molecular formula is C9H7ClF4. The first kappa shape index (κ1) is 11.3. The van der Waals surface area contributed by atoms with Gasteiger partial charge in [-0.25, -0.2) is 4.39 Å². The molecule has 78 valence electrons. The fourth-order valence-corrected chi connectivity index (χ4v) is 1.31. The normalized spacial score (nSPS) is 14.1. The van der Waals surface area contributed by atoms with Gasteiger partial charge in [0.25, 0.3) is 0 Å². The number of alkyl halides is 4. The van der Waals surface area contributed by atoms with Crippen LogP contribution in [0.25, 0.3) is 0 Å². The Labute approximate surface area is 83.5 Å². The van der Waals surface area contributed by atoms with E-state index in [4.69, 9.17) is 11.6 Å². The molecule has 1 aromatic carbocycles. The second-order valence-electron chi connectivity index (χ2n) is 2.84. The van der Waals surface area contributed by atoms with E-state index < -0.39 is 23.8 Å². The molecule has 0 aliphatic rings. The summed E-state index contributed by atoms with van der Waals surface area (Å²) in [4.78, 5) is 0. The van der Waals surface area contributed by atoms with Gasteiger partial charge < -0.3 is 0 Å². The molecule has 0 saturated heterocycles. The summed E-state index contributed by atoms with van der Waals surface area (Å²) >= 11 is 5.50. The van der Waals surface area contributed by atoms with Gasteiger partial charge in [0.2, 0.25) is 0 Å². The Balaban J connectivity index is 2.70. The highest BCUT2D eigenvalue weighted by Gasteiger charge is 2.31. The molecule has 14 heavy (non-hydrogen) atoms. The summed E-state index contributed by atoms with van der Waals surface area (Å²) < 4.78 is 48.2. The van der Waals surface area contributed by atoms with Crippen molar-refractivity contribution in [1.29, 1.82) is 0 Å². The van der Waals surface area contributed by atoms with Crippen LogP contribution in [0.15, 0.2) is 24.3 Å². The number of hydrogen-bond acceptors (Lipinski definition) is 0. The van der Waals surface area contributed by atoms with Crippen LogP contribution in [0.4, 0.5) is 17.6 Å². The third-order valence-electron chi connectivity index (χ3n) is 1.64. The highest BCUT2D eigenvalue weighted by molar-refractivity contribution is 6.20. The summed E-state index contributed by atoms with van der Waals surface area (Å²) in [5.74, 6) is -0.496. The molecule has 0 aliphatic heterocycles. The van der Waals surface area contributed by atoms with Crippen LogP contribution in [0.3, 0.4) is 0 Å². The second kappa shape index (κ2) is 4.17. The van der Waals surface area contributed by atoms with Gasteiger partial charge in [0, 0.05) is 0 Å². The topological polar surface area (TPSA) is 0 Å². The number of rotatable bonds is 2. The first-order chi connectivity index (χ1) is 6.38. The number of hydrogen-bond donors (Lipinski definition) is 0. The third-order valence-corrected chi connectivity index (χ3v) is 2.05. The van der Waals surface area contributed by atoms with Gasteiger partial charge in [0.05, 0.1) is 11.8 Å². The Bertz CT molecular complexity index is 291. The van der Waals surface area contributed by atoms with Crippen LogP contribution in [0, 0.1) is 5.82 Å². The van der Waals surface area contributed by atoms with E-state index >= 15 is 0 Å². The standard InChI is InChI=1S/C9H7ClF4/c10-8(5-9(12,13)14)6-1-3-7(11)4-2-6/h1-4,8H,5H2. The van der Waals surface area contributed by atoms with Crippen LogP contribution in [-0.4, -0.2) is 6.18 Å². The van der Waals surface area contributed by atoms with Crippen molar-refractivity contribution >= 4 is 11.6 Å². The van der Waals surface area contributed by atoms with Gasteiger partial charge in [0.15, 0.2) is 0 Å². The summed E-state index contributed by atoms with van der Waals surface area (Å²) in [6.07, 6.45) is -5.42. The summed E-state index contributed by atoms with van der Waals surface area (Å²) in [6, 6.07) is 4.67. The number of halogens is 5. The lowest BCUT2D eigenvalue weighted by atomic mass is 10.1. The highest BCUT2D eigenvalue weighted by atomic mass is 35.5. The average molecular weight is 227 g/mol. The summed E-state index contributed by atoms with van der Waals surface area (Å²) in [7, 11) is 0. The Morgan fingerprint density at radius 3 is 2.07 bits per heavy atom. The van der Waals surface area contributed by atoms with Crippen molar-refractivity contribution in [2.45, 2.75) is 18.0 Å². The highest BCUT2D eigenvalue weighted by Crippen LogP contribution is 2.33. The Hall–Kier alpha value is -0.770. The van der Waals surface area contributed by atoms with Crippen LogP contribution in [0.1, 0.15) is 17.4 Å². The monoisotopic (exact) mass is 226 g/mol. The zero-order chi connectivity index (χ0) is 10.8. The Morgan fingerprint density at radius 1 is 1.14 bits per heavy atom. The molecule has 0 spiro atoms. The molecule has 0 aliphatic carbocycles. The molecule has 0 saturated carbocycles. The van der Waals surface area contributed by atoms with E-state index in [-0.39, 0.29) is 5.56 Å². The van der Waals surface area contributed by atoms with Gasteiger partial charge in [-0.1, -0.05) is 12.1 Å². The second-order valence-corrected chi connectivity index (χ2v) is 3.37. The molecule has 0 N–H and O–H groups in total. The predicted octanol–water partition coefficient (Wildman–Crippen LogP) is 4.06. The fourth-order valence-electron chi connectivity index (χ4n) is 0.993. The van der Waals surface area contributed by atoms with Crippen LogP contribution < -0.4 is 0 Å². The van der Waals surface area contributed by atoms with Crippen LogP contribution >= 0.6 is 11.6 Å². The molecular weight excluding hydrogens is 220 g/mol.